The van der Waals surface area contributed by atoms with Crippen molar-refractivity contribution in [2.24, 2.45) is 0 Å². The van der Waals surface area contributed by atoms with Crippen molar-refractivity contribution in [2.75, 3.05) is 34.4 Å². The van der Waals surface area contributed by atoms with E-state index >= 15 is 0 Å². The van der Waals surface area contributed by atoms with Crippen LogP contribution in [0.15, 0.2) is 0 Å². The zero-order valence-corrected chi connectivity index (χ0v) is 5.27. The number of ether oxygens (including phenoxy) is 1. The van der Waals surface area contributed by atoms with Crippen LogP contribution < -0.4 is 0 Å². The van der Waals surface area contributed by atoms with Gasteiger partial charge in [-0.15, -0.1) is 0 Å². The normalized spacial score (nSPS) is 9.00. The second-order valence-electron chi connectivity index (χ2n) is 1.80. The fourth-order valence-corrected chi connectivity index (χ4v) is 0.274. The number of methoxy groups -OCH3 is 1. The minimum atomic E-state index is 0. The third kappa shape index (κ3) is 9.37. The monoisotopic (exact) mass is 117 g/mol. The maximum Gasteiger partial charge on any atom is 0.0814 e. The maximum absolute atomic E-state index is 4.81. The average Bonchev–Trinajstić information content (AvgIpc) is 1.61. The van der Waals surface area contributed by atoms with Gasteiger partial charge >= 0.3 is 0 Å². The molecule has 0 atom stereocenters. The SMILES string of the molecule is B.COCCN(C)C. The Hall–Kier alpha value is -0.0151. The molecule has 50 valence electrons. The molecular formula is C5H16BNO. The average molecular weight is 117 g/mol. The van der Waals surface area contributed by atoms with Crippen LogP contribution in [-0.4, -0.2) is 47.7 Å². The zero-order chi connectivity index (χ0) is 5.70. The Morgan fingerprint density at radius 2 is 1.88 bits per heavy atom. The summed E-state index contributed by atoms with van der Waals surface area (Å²) in [6, 6.07) is 0. The van der Waals surface area contributed by atoms with Crippen molar-refractivity contribution in [1.29, 1.82) is 0 Å². The minimum Gasteiger partial charge on any atom is -0.383 e. The van der Waals surface area contributed by atoms with Gasteiger partial charge < -0.3 is 9.64 Å². The van der Waals surface area contributed by atoms with E-state index < -0.39 is 0 Å². The molecule has 2 nitrogen and oxygen atoms in total. The molecule has 0 aliphatic carbocycles. The van der Waals surface area contributed by atoms with Crippen LogP contribution in [0.1, 0.15) is 0 Å². The van der Waals surface area contributed by atoms with Gasteiger partial charge in [-0.05, 0) is 14.1 Å². The van der Waals surface area contributed by atoms with Crippen LogP contribution in [0.3, 0.4) is 0 Å². The molecule has 0 bridgehead atoms. The Labute approximate surface area is 53.4 Å². The summed E-state index contributed by atoms with van der Waals surface area (Å²) in [6.45, 7) is 1.84. The molecule has 0 heterocycles. The summed E-state index contributed by atoms with van der Waals surface area (Å²) in [6.07, 6.45) is 0. The van der Waals surface area contributed by atoms with E-state index in [0.29, 0.717) is 0 Å². The van der Waals surface area contributed by atoms with Crippen LogP contribution in [-0.2, 0) is 4.74 Å². The summed E-state index contributed by atoms with van der Waals surface area (Å²) in [5.41, 5.74) is 0. The molecule has 0 saturated carbocycles. The summed E-state index contributed by atoms with van der Waals surface area (Å²) < 4.78 is 4.81. The van der Waals surface area contributed by atoms with E-state index in [0.717, 1.165) is 13.2 Å². The first-order chi connectivity index (χ1) is 3.27. The first-order valence-electron chi connectivity index (χ1n) is 2.41. The predicted octanol–water partition coefficient (Wildman–Crippen LogP) is -0.989. The molecule has 0 amide bonds. The summed E-state index contributed by atoms with van der Waals surface area (Å²) in [5.74, 6) is 0. The molecule has 0 aliphatic rings. The Kier molecular flexibility index (Phi) is 9.50. The van der Waals surface area contributed by atoms with E-state index in [1.54, 1.807) is 7.11 Å². The number of hydrogen-bond acceptors (Lipinski definition) is 2. The lowest BCUT2D eigenvalue weighted by atomic mass is 10.6. The first-order valence-corrected chi connectivity index (χ1v) is 2.41. The Morgan fingerprint density at radius 3 is 2.00 bits per heavy atom. The van der Waals surface area contributed by atoms with Crippen LogP contribution in [0.5, 0.6) is 0 Å². The topological polar surface area (TPSA) is 12.5 Å². The van der Waals surface area contributed by atoms with Gasteiger partial charge in [-0.3, -0.25) is 0 Å². The Balaban J connectivity index is 0. The van der Waals surface area contributed by atoms with Gasteiger partial charge in [-0.2, -0.15) is 0 Å². The van der Waals surface area contributed by atoms with E-state index in [9.17, 15) is 0 Å². The molecular weight excluding hydrogens is 101 g/mol. The largest absolute Gasteiger partial charge is 0.383 e. The van der Waals surface area contributed by atoms with Crippen LogP contribution in [0.25, 0.3) is 0 Å². The molecule has 0 aromatic carbocycles. The predicted molar refractivity (Wildman–Crippen MR) is 40.4 cm³/mol. The van der Waals surface area contributed by atoms with Crippen LogP contribution >= 0.6 is 0 Å². The zero-order valence-electron chi connectivity index (χ0n) is 5.27. The Morgan fingerprint density at radius 1 is 1.38 bits per heavy atom. The fourth-order valence-electron chi connectivity index (χ4n) is 0.274. The fraction of sp³-hybridized carbons (Fsp3) is 1.00. The standard InChI is InChI=1S/C5H13NO.BH3/c1-6(2)4-5-7-3;/h4-5H2,1-3H3;1H3. The molecule has 0 aromatic rings. The van der Waals surface area contributed by atoms with Crippen LogP contribution in [0.4, 0.5) is 0 Å². The van der Waals surface area contributed by atoms with Gasteiger partial charge in [-0.1, -0.05) is 0 Å². The lowest BCUT2D eigenvalue weighted by molar-refractivity contribution is 0.172. The molecule has 0 unspecified atom stereocenters. The molecule has 0 N–H and O–H groups in total. The van der Waals surface area contributed by atoms with E-state index in [4.69, 9.17) is 4.74 Å². The molecule has 3 heteroatoms. The van der Waals surface area contributed by atoms with Crippen molar-refractivity contribution < 1.29 is 4.74 Å². The Bertz CT molecular complexity index is 41.4. The molecule has 0 saturated heterocycles. The van der Waals surface area contributed by atoms with Crippen molar-refractivity contribution in [3.8, 4) is 0 Å². The van der Waals surface area contributed by atoms with Crippen molar-refractivity contribution in [1.82, 2.24) is 4.90 Å². The third-order valence-corrected chi connectivity index (χ3v) is 0.743. The number of likely N-dealkylation sites (N-methyl/N-ethyl adjacent to an activating group) is 1. The number of rotatable bonds is 3. The minimum absolute atomic E-state index is 0. The van der Waals surface area contributed by atoms with E-state index in [1.807, 2.05) is 14.1 Å². The molecule has 0 spiro atoms. The van der Waals surface area contributed by atoms with Crippen molar-refractivity contribution in [3.63, 3.8) is 0 Å². The second kappa shape index (κ2) is 6.98. The molecule has 0 aromatic heterocycles. The highest BCUT2D eigenvalue weighted by Gasteiger charge is 1.83. The van der Waals surface area contributed by atoms with E-state index in [1.165, 1.54) is 0 Å². The highest BCUT2D eigenvalue weighted by atomic mass is 16.5. The number of nitrogens with zero attached hydrogens (tertiary/aromatic N) is 1. The first kappa shape index (κ1) is 10.9. The van der Waals surface area contributed by atoms with Gasteiger partial charge in [0, 0.05) is 13.7 Å². The molecule has 0 radical (unpaired) electrons. The van der Waals surface area contributed by atoms with Gasteiger partial charge in [0.05, 0.1) is 15.0 Å². The number of hydrogen-bond donors (Lipinski definition) is 0. The van der Waals surface area contributed by atoms with E-state index in [-0.39, 0.29) is 8.41 Å². The highest BCUT2D eigenvalue weighted by molar-refractivity contribution is 5.75. The lowest BCUT2D eigenvalue weighted by Gasteiger charge is -2.06. The van der Waals surface area contributed by atoms with Crippen molar-refractivity contribution in [2.45, 2.75) is 0 Å². The van der Waals surface area contributed by atoms with Gasteiger partial charge in [0.25, 0.3) is 0 Å². The molecule has 0 rings (SSSR count). The lowest BCUT2D eigenvalue weighted by Crippen LogP contribution is -2.16. The van der Waals surface area contributed by atoms with Gasteiger partial charge in [0.15, 0.2) is 0 Å². The van der Waals surface area contributed by atoms with Crippen LogP contribution in [0, 0.1) is 0 Å². The third-order valence-electron chi connectivity index (χ3n) is 0.743. The van der Waals surface area contributed by atoms with Gasteiger partial charge in [0.1, 0.15) is 0 Å². The molecule has 0 aliphatic heterocycles. The smallest absolute Gasteiger partial charge is 0.0814 e. The van der Waals surface area contributed by atoms with Crippen molar-refractivity contribution in [3.05, 3.63) is 0 Å². The molecule has 0 fully saturated rings. The quantitative estimate of drug-likeness (QED) is 0.440. The molecule has 8 heavy (non-hydrogen) atoms. The second-order valence-corrected chi connectivity index (χ2v) is 1.80. The van der Waals surface area contributed by atoms with Crippen molar-refractivity contribution >= 4 is 8.41 Å². The van der Waals surface area contributed by atoms with Crippen LogP contribution in [0.2, 0.25) is 0 Å². The van der Waals surface area contributed by atoms with Gasteiger partial charge in [0.2, 0.25) is 0 Å². The summed E-state index contributed by atoms with van der Waals surface area (Å²) in [5, 5.41) is 0. The maximum atomic E-state index is 4.81. The summed E-state index contributed by atoms with van der Waals surface area (Å²) >= 11 is 0. The van der Waals surface area contributed by atoms with Gasteiger partial charge in [-0.25, -0.2) is 0 Å². The highest BCUT2D eigenvalue weighted by Crippen LogP contribution is 1.71. The summed E-state index contributed by atoms with van der Waals surface area (Å²) in [7, 11) is 5.77. The van der Waals surface area contributed by atoms with E-state index in [2.05, 4.69) is 4.90 Å². The summed E-state index contributed by atoms with van der Waals surface area (Å²) in [4.78, 5) is 2.09.